The van der Waals surface area contributed by atoms with Crippen molar-refractivity contribution in [1.29, 1.82) is 0 Å². The number of amides is 1. The number of carbonyl (C=O) groups excluding carboxylic acids is 1. The molecule has 4 heterocycles. The molecule has 3 aliphatic heterocycles. The van der Waals surface area contributed by atoms with E-state index in [0.717, 1.165) is 48.2 Å². The smallest absolute Gasteiger partial charge is 0.254 e. The molecule has 170 valence electrons. The summed E-state index contributed by atoms with van der Waals surface area (Å²) in [7, 11) is 1.70. The molecule has 8 heteroatoms. The second kappa shape index (κ2) is 7.45. The SMILES string of the molecule is Cn1nc2c(c1-c1cc(F)c(F)c(F)c1)C[C@H]1CC[C@@H]2N1C(=O)c1ccc2c(c1)COCC2. The van der Waals surface area contributed by atoms with Crippen molar-refractivity contribution in [2.45, 2.75) is 44.4 Å². The van der Waals surface area contributed by atoms with E-state index in [2.05, 4.69) is 5.10 Å². The van der Waals surface area contributed by atoms with Crippen molar-refractivity contribution in [3.8, 4) is 11.3 Å². The molecule has 1 fully saturated rings. The molecule has 0 unspecified atom stereocenters. The summed E-state index contributed by atoms with van der Waals surface area (Å²) < 4.78 is 48.5. The van der Waals surface area contributed by atoms with Gasteiger partial charge >= 0.3 is 0 Å². The normalized spacial score (nSPS) is 21.2. The Labute approximate surface area is 188 Å². The molecule has 33 heavy (non-hydrogen) atoms. The minimum absolute atomic E-state index is 0.0274. The maximum atomic E-state index is 13.9. The summed E-state index contributed by atoms with van der Waals surface area (Å²) in [5.74, 6) is -3.98. The molecule has 0 saturated carbocycles. The fourth-order valence-electron chi connectivity index (χ4n) is 5.66. The van der Waals surface area contributed by atoms with E-state index in [9.17, 15) is 18.0 Å². The number of aryl methyl sites for hydroxylation is 1. The molecule has 0 spiro atoms. The zero-order chi connectivity index (χ0) is 22.9. The van der Waals surface area contributed by atoms with E-state index in [0.29, 0.717) is 30.9 Å². The molecule has 0 radical (unpaired) electrons. The third-order valence-corrected chi connectivity index (χ3v) is 7.15. The maximum absolute atomic E-state index is 13.9. The Morgan fingerprint density at radius 3 is 2.67 bits per heavy atom. The number of rotatable bonds is 2. The Morgan fingerprint density at radius 2 is 1.88 bits per heavy atom. The van der Waals surface area contributed by atoms with Crippen molar-refractivity contribution in [1.82, 2.24) is 14.7 Å². The fraction of sp³-hybridized carbons (Fsp3) is 0.360. The van der Waals surface area contributed by atoms with Crippen molar-refractivity contribution in [2.75, 3.05) is 6.61 Å². The fourth-order valence-corrected chi connectivity index (χ4v) is 5.66. The molecule has 2 atom stereocenters. The van der Waals surface area contributed by atoms with Crippen LogP contribution in [0.25, 0.3) is 11.3 Å². The lowest BCUT2D eigenvalue weighted by Gasteiger charge is -2.34. The van der Waals surface area contributed by atoms with Crippen molar-refractivity contribution in [3.63, 3.8) is 0 Å². The molecule has 5 nitrogen and oxygen atoms in total. The lowest BCUT2D eigenvalue weighted by atomic mass is 9.93. The van der Waals surface area contributed by atoms with E-state index in [-0.39, 0.29) is 23.6 Å². The van der Waals surface area contributed by atoms with Crippen LogP contribution in [-0.2, 0) is 31.2 Å². The summed E-state index contributed by atoms with van der Waals surface area (Å²) >= 11 is 0. The van der Waals surface area contributed by atoms with Crippen LogP contribution in [0.2, 0.25) is 0 Å². The van der Waals surface area contributed by atoms with Crippen molar-refractivity contribution < 1.29 is 22.7 Å². The minimum atomic E-state index is -1.48. The first-order valence-corrected chi connectivity index (χ1v) is 11.1. The Kier molecular flexibility index (Phi) is 4.62. The highest BCUT2D eigenvalue weighted by atomic mass is 19.2. The monoisotopic (exact) mass is 453 g/mol. The van der Waals surface area contributed by atoms with Crippen LogP contribution in [0.15, 0.2) is 30.3 Å². The van der Waals surface area contributed by atoms with Gasteiger partial charge in [0.2, 0.25) is 0 Å². The molecule has 1 saturated heterocycles. The van der Waals surface area contributed by atoms with Crippen LogP contribution in [0.1, 0.15) is 51.6 Å². The van der Waals surface area contributed by atoms with Gasteiger partial charge in [-0.15, -0.1) is 0 Å². The summed E-state index contributed by atoms with van der Waals surface area (Å²) in [6.45, 7) is 1.21. The first-order valence-electron chi connectivity index (χ1n) is 11.1. The van der Waals surface area contributed by atoms with Crippen LogP contribution in [0, 0.1) is 17.5 Å². The van der Waals surface area contributed by atoms with Crippen LogP contribution in [-0.4, -0.2) is 33.2 Å². The van der Waals surface area contributed by atoms with Gasteiger partial charge in [-0.3, -0.25) is 9.48 Å². The molecule has 3 aromatic rings. The van der Waals surface area contributed by atoms with Crippen molar-refractivity contribution in [2.24, 2.45) is 7.05 Å². The third kappa shape index (κ3) is 3.11. The van der Waals surface area contributed by atoms with Gasteiger partial charge in [-0.25, -0.2) is 13.2 Å². The number of benzene rings is 2. The number of aromatic nitrogens is 2. The highest BCUT2D eigenvalue weighted by molar-refractivity contribution is 5.95. The number of nitrogens with zero attached hydrogens (tertiary/aromatic N) is 3. The van der Waals surface area contributed by atoms with Gasteiger partial charge in [-0.1, -0.05) is 6.07 Å². The standard InChI is InChI=1S/C25H22F3N3O2/c1-30-24(15-9-19(26)22(28)20(27)10-15)18-11-17-4-5-21(23(18)29-30)31(17)25(32)14-3-2-13-6-7-33-12-16(13)8-14/h2-3,8-10,17,21H,4-7,11-12H2,1H3/t17-,21+/m1/s1. The van der Waals surface area contributed by atoms with Crippen LogP contribution >= 0.6 is 0 Å². The van der Waals surface area contributed by atoms with E-state index >= 15 is 0 Å². The molecule has 3 aliphatic rings. The Morgan fingerprint density at radius 1 is 1.09 bits per heavy atom. The van der Waals surface area contributed by atoms with Crippen LogP contribution in [0.4, 0.5) is 13.2 Å². The van der Waals surface area contributed by atoms with Gasteiger partial charge in [0.25, 0.3) is 5.91 Å². The number of ether oxygens (including phenoxy) is 1. The average molecular weight is 453 g/mol. The molecular formula is C25H22F3N3O2. The molecule has 0 aliphatic carbocycles. The summed E-state index contributed by atoms with van der Waals surface area (Å²) in [6, 6.07) is 7.61. The van der Waals surface area contributed by atoms with Crippen LogP contribution in [0.3, 0.4) is 0 Å². The van der Waals surface area contributed by atoms with Crippen LogP contribution < -0.4 is 0 Å². The van der Waals surface area contributed by atoms with Crippen LogP contribution in [0.5, 0.6) is 0 Å². The van der Waals surface area contributed by atoms with Crippen molar-refractivity contribution >= 4 is 5.91 Å². The first-order chi connectivity index (χ1) is 15.9. The topological polar surface area (TPSA) is 47.4 Å². The minimum Gasteiger partial charge on any atom is -0.376 e. The van der Waals surface area contributed by atoms with E-state index in [4.69, 9.17) is 4.74 Å². The van der Waals surface area contributed by atoms with Gasteiger partial charge in [-0.2, -0.15) is 5.10 Å². The van der Waals surface area contributed by atoms with Gasteiger partial charge in [0.15, 0.2) is 17.5 Å². The van der Waals surface area contributed by atoms with E-state index in [1.54, 1.807) is 11.7 Å². The molecule has 1 amide bonds. The predicted molar refractivity (Wildman–Crippen MR) is 114 cm³/mol. The van der Waals surface area contributed by atoms with Gasteiger partial charge in [0.05, 0.1) is 30.6 Å². The summed E-state index contributed by atoms with van der Waals surface area (Å²) in [5, 5.41) is 4.65. The molecular weight excluding hydrogens is 431 g/mol. The number of hydrogen-bond donors (Lipinski definition) is 0. The second-order valence-corrected chi connectivity index (χ2v) is 9.04. The van der Waals surface area contributed by atoms with Gasteiger partial charge in [0, 0.05) is 29.8 Å². The number of carbonyl (C=O) groups is 1. The number of halogens is 3. The Hall–Kier alpha value is -3.13. The molecule has 2 aromatic carbocycles. The summed E-state index contributed by atoms with van der Waals surface area (Å²) in [6.07, 6.45) is 3.00. The van der Waals surface area contributed by atoms with E-state index in [1.165, 1.54) is 5.56 Å². The molecule has 1 aromatic heterocycles. The van der Waals surface area contributed by atoms with Gasteiger partial charge in [-0.05, 0) is 61.1 Å². The Balaban J connectivity index is 1.38. The lowest BCUT2D eigenvalue weighted by molar-refractivity contribution is 0.0641. The van der Waals surface area contributed by atoms with Gasteiger partial charge < -0.3 is 9.64 Å². The molecule has 2 bridgehead atoms. The third-order valence-electron chi connectivity index (χ3n) is 7.15. The largest absolute Gasteiger partial charge is 0.376 e. The van der Waals surface area contributed by atoms with Gasteiger partial charge in [0.1, 0.15) is 0 Å². The molecule has 0 N–H and O–H groups in total. The number of hydrogen-bond acceptors (Lipinski definition) is 3. The first kappa shape index (κ1) is 20.5. The van der Waals surface area contributed by atoms with E-state index < -0.39 is 17.5 Å². The predicted octanol–water partition coefficient (Wildman–Crippen LogP) is 4.48. The zero-order valence-corrected chi connectivity index (χ0v) is 18.1. The molecule has 6 rings (SSSR count). The zero-order valence-electron chi connectivity index (χ0n) is 18.1. The highest BCUT2D eigenvalue weighted by Gasteiger charge is 2.46. The lowest BCUT2D eigenvalue weighted by Crippen LogP contribution is -2.42. The Bertz CT molecular complexity index is 1280. The summed E-state index contributed by atoms with van der Waals surface area (Å²) in [5.41, 5.74) is 5.35. The summed E-state index contributed by atoms with van der Waals surface area (Å²) in [4.78, 5) is 15.5. The van der Waals surface area contributed by atoms with Crippen molar-refractivity contribution in [3.05, 3.63) is 75.7 Å². The highest BCUT2D eigenvalue weighted by Crippen LogP contribution is 2.46. The number of fused-ring (bicyclic) bond motifs is 5. The maximum Gasteiger partial charge on any atom is 0.254 e. The average Bonchev–Trinajstić information content (AvgIpc) is 3.32. The van der Waals surface area contributed by atoms with E-state index in [1.807, 2.05) is 23.1 Å². The second-order valence-electron chi connectivity index (χ2n) is 9.04. The quantitative estimate of drug-likeness (QED) is 0.538.